The standard InChI is InChI=1S/C13H19BrF3NO/c14-3-4-18(8-13(15,16)17)12(19)7-11-6-9-1-2-10(11)5-9/h9-11H,1-8H2. The van der Waals surface area contributed by atoms with Gasteiger partial charge in [-0.2, -0.15) is 13.2 Å². The molecule has 0 aromatic rings. The Morgan fingerprint density at radius 3 is 2.47 bits per heavy atom. The van der Waals surface area contributed by atoms with Crippen molar-refractivity contribution in [2.45, 2.75) is 38.3 Å². The van der Waals surface area contributed by atoms with Crippen LogP contribution in [0.5, 0.6) is 0 Å². The van der Waals surface area contributed by atoms with Gasteiger partial charge in [-0.1, -0.05) is 22.4 Å². The van der Waals surface area contributed by atoms with Crippen molar-refractivity contribution in [2.24, 2.45) is 17.8 Å². The summed E-state index contributed by atoms with van der Waals surface area (Å²) in [5, 5.41) is 0.380. The van der Waals surface area contributed by atoms with Gasteiger partial charge < -0.3 is 4.90 Å². The minimum Gasteiger partial charge on any atom is -0.333 e. The molecule has 1 amide bonds. The van der Waals surface area contributed by atoms with Crippen molar-refractivity contribution in [1.82, 2.24) is 4.90 Å². The lowest BCUT2D eigenvalue weighted by atomic mass is 9.86. The fraction of sp³-hybridized carbons (Fsp3) is 0.923. The topological polar surface area (TPSA) is 20.3 Å². The van der Waals surface area contributed by atoms with Gasteiger partial charge in [0.15, 0.2) is 0 Å². The molecule has 110 valence electrons. The van der Waals surface area contributed by atoms with E-state index in [1.165, 1.54) is 12.8 Å². The molecule has 19 heavy (non-hydrogen) atoms. The second-order valence-electron chi connectivity index (χ2n) is 5.76. The number of hydrogen-bond donors (Lipinski definition) is 0. The average Bonchev–Trinajstić information content (AvgIpc) is 2.88. The third-order valence-electron chi connectivity index (χ3n) is 4.40. The molecule has 0 N–H and O–H groups in total. The van der Waals surface area contributed by atoms with Crippen LogP contribution in [0.25, 0.3) is 0 Å². The highest BCUT2D eigenvalue weighted by molar-refractivity contribution is 9.09. The van der Waals surface area contributed by atoms with Crippen molar-refractivity contribution in [3.05, 3.63) is 0 Å². The number of rotatable bonds is 5. The molecular formula is C13H19BrF3NO. The zero-order valence-electron chi connectivity index (χ0n) is 10.8. The fourth-order valence-electron chi connectivity index (χ4n) is 3.59. The summed E-state index contributed by atoms with van der Waals surface area (Å²) in [5.41, 5.74) is 0. The summed E-state index contributed by atoms with van der Waals surface area (Å²) in [7, 11) is 0. The number of fused-ring (bicyclic) bond motifs is 2. The first kappa shape index (κ1) is 15.1. The zero-order valence-corrected chi connectivity index (χ0v) is 12.3. The summed E-state index contributed by atoms with van der Waals surface area (Å²) >= 11 is 3.11. The van der Waals surface area contributed by atoms with E-state index < -0.39 is 12.7 Å². The molecule has 2 bridgehead atoms. The van der Waals surface area contributed by atoms with Crippen LogP contribution in [0.2, 0.25) is 0 Å². The molecule has 2 aliphatic rings. The second-order valence-corrected chi connectivity index (χ2v) is 6.55. The molecule has 0 radical (unpaired) electrons. The molecule has 0 aromatic heterocycles. The predicted octanol–water partition coefficient (Wildman–Crippen LogP) is 3.60. The van der Waals surface area contributed by atoms with Gasteiger partial charge in [0.25, 0.3) is 0 Å². The number of halogens is 4. The highest BCUT2D eigenvalue weighted by Crippen LogP contribution is 2.49. The molecule has 3 unspecified atom stereocenters. The Morgan fingerprint density at radius 2 is 2.00 bits per heavy atom. The molecule has 2 saturated carbocycles. The van der Waals surface area contributed by atoms with Crippen LogP contribution >= 0.6 is 15.9 Å². The number of hydrogen-bond acceptors (Lipinski definition) is 1. The van der Waals surface area contributed by atoms with E-state index in [9.17, 15) is 18.0 Å². The highest BCUT2D eigenvalue weighted by Gasteiger charge is 2.41. The maximum absolute atomic E-state index is 12.4. The first-order valence-corrected chi connectivity index (χ1v) is 7.91. The van der Waals surface area contributed by atoms with Crippen LogP contribution in [0.3, 0.4) is 0 Å². The smallest absolute Gasteiger partial charge is 0.333 e. The summed E-state index contributed by atoms with van der Waals surface area (Å²) in [6.07, 6.45) is 0.584. The lowest BCUT2D eigenvalue weighted by Crippen LogP contribution is -2.41. The maximum atomic E-state index is 12.4. The average molecular weight is 342 g/mol. The Bertz CT molecular complexity index is 334. The molecule has 2 aliphatic carbocycles. The molecular weight excluding hydrogens is 323 g/mol. The molecule has 2 nitrogen and oxygen atoms in total. The van der Waals surface area contributed by atoms with Crippen molar-refractivity contribution >= 4 is 21.8 Å². The lowest BCUT2D eigenvalue weighted by Gasteiger charge is -2.27. The van der Waals surface area contributed by atoms with E-state index in [2.05, 4.69) is 15.9 Å². The number of alkyl halides is 4. The molecule has 2 rings (SSSR count). The largest absolute Gasteiger partial charge is 0.406 e. The maximum Gasteiger partial charge on any atom is 0.406 e. The summed E-state index contributed by atoms with van der Waals surface area (Å²) in [5.74, 6) is 1.27. The molecule has 0 aromatic carbocycles. The number of amides is 1. The van der Waals surface area contributed by atoms with Crippen LogP contribution in [0.15, 0.2) is 0 Å². The monoisotopic (exact) mass is 341 g/mol. The Morgan fingerprint density at radius 1 is 1.26 bits per heavy atom. The third-order valence-corrected chi connectivity index (χ3v) is 4.75. The van der Waals surface area contributed by atoms with E-state index in [4.69, 9.17) is 0 Å². The summed E-state index contributed by atoms with van der Waals surface area (Å²) in [4.78, 5) is 13.0. The van der Waals surface area contributed by atoms with Crippen molar-refractivity contribution < 1.29 is 18.0 Å². The van der Waals surface area contributed by atoms with Crippen LogP contribution in [0.4, 0.5) is 13.2 Å². The van der Waals surface area contributed by atoms with Crippen molar-refractivity contribution in [3.8, 4) is 0 Å². The number of nitrogens with zero attached hydrogens (tertiary/aromatic N) is 1. The van der Waals surface area contributed by atoms with Gasteiger partial charge in [-0.3, -0.25) is 4.79 Å². The predicted molar refractivity (Wildman–Crippen MR) is 70.0 cm³/mol. The van der Waals surface area contributed by atoms with Gasteiger partial charge in [0.1, 0.15) is 6.54 Å². The van der Waals surface area contributed by atoms with E-state index in [0.29, 0.717) is 23.6 Å². The van der Waals surface area contributed by atoms with Crippen molar-refractivity contribution in [3.63, 3.8) is 0 Å². The summed E-state index contributed by atoms with van der Waals surface area (Å²) < 4.78 is 37.3. The van der Waals surface area contributed by atoms with E-state index in [-0.39, 0.29) is 12.5 Å². The Hall–Kier alpha value is -0.260. The van der Waals surface area contributed by atoms with E-state index in [1.807, 2.05) is 0 Å². The zero-order chi connectivity index (χ0) is 14.0. The normalized spacial score (nSPS) is 29.8. The Labute approximate surface area is 119 Å². The first-order valence-electron chi connectivity index (χ1n) is 6.79. The van der Waals surface area contributed by atoms with Gasteiger partial charge in [-0.15, -0.1) is 0 Å². The molecule has 3 atom stereocenters. The molecule has 0 aliphatic heterocycles. The quantitative estimate of drug-likeness (QED) is 0.699. The summed E-state index contributed by atoms with van der Waals surface area (Å²) in [6.45, 7) is -1.00. The van der Waals surface area contributed by atoms with E-state index >= 15 is 0 Å². The van der Waals surface area contributed by atoms with Crippen LogP contribution in [0.1, 0.15) is 32.1 Å². The van der Waals surface area contributed by atoms with Crippen LogP contribution in [-0.2, 0) is 4.79 Å². The Balaban J connectivity index is 1.88. The van der Waals surface area contributed by atoms with Crippen LogP contribution in [0, 0.1) is 17.8 Å². The van der Waals surface area contributed by atoms with Gasteiger partial charge in [-0.05, 0) is 37.0 Å². The molecule has 0 heterocycles. The highest BCUT2D eigenvalue weighted by atomic mass is 79.9. The molecule has 0 saturated heterocycles. The summed E-state index contributed by atoms with van der Waals surface area (Å²) in [6, 6.07) is 0. The van der Waals surface area contributed by atoms with Gasteiger partial charge in [0.2, 0.25) is 5.91 Å². The number of carbonyl (C=O) groups excluding carboxylic acids is 1. The van der Waals surface area contributed by atoms with Gasteiger partial charge in [0, 0.05) is 18.3 Å². The lowest BCUT2D eigenvalue weighted by molar-refractivity contribution is -0.161. The Kier molecular flexibility index (Phi) is 4.79. The fourth-order valence-corrected chi connectivity index (χ4v) is 4.02. The first-order chi connectivity index (χ1) is 8.89. The van der Waals surface area contributed by atoms with Gasteiger partial charge in [0.05, 0.1) is 0 Å². The van der Waals surface area contributed by atoms with Crippen molar-refractivity contribution in [1.29, 1.82) is 0 Å². The van der Waals surface area contributed by atoms with E-state index in [1.54, 1.807) is 0 Å². The van der Waals surface area contributed by atoms with Crippen LogP contribution in [-0.4, -0.2) is 35.4 Å². The second kappa shape index (κ2) is 6.02. The minimum absolute atomic E-state index is 0.124. The van der Waals surface area contributed by atoms with Gasteiger partial charge >= 0.3 is 6.18 Å². The van der Waals surface area contributed by atoms with E-state index in [0.717, 1.165) is 23.7 Å². The van der Waals surface area contributed by atoms with Crippen molar-refractivity contribution in [2.75, 3.05) is 18.4 Å². The molecule has 6 heteroatoms. The van der Waals surface area contributed by atoms with Gasteiger partial charge in [-0.25, -0.2) is 0 Å². The third kappa shape index (κ3) is 4.10. The SMILES string of the molecule is O=C(CC1CC2CCC1C2)N(CCBr)CC(F)(F)F. The minimum atomic E-state index is -4.31. The molecule has 2 fully saturated rings. The number of carbonyl (C=O) groups is 1. The van der Waals surface area contributed by atoms with Crippen LogP contribution < -0.4 is 0 Å². The molecule has 0 spiro atoms.